The Morgan fingerprint density at radius 3 is 1.47 bits per heavy atom. The van der Waals surface area contributed by atoms with Gasteiger partial charge in [-0.3, -0.25) is 0 Å². The first-order valence-corrected chi connectivity index (χ1v) is 11.5. The molecule has 0 spiro atoms. The van der Waals surface area contributed by atoms with E-state index in [1.165, 1.54) is 0 Å². The van der Waals surface area contributed by atoms with Crippen LogP contribution >= 0.6 is 20.1 Å². The Balaban J connectivity index is 3.33. The minimum Gasteiger partial charge on any atom is -0.236 e. The molecule has 0 aliphatic heterocycles. The summed E-state index contributed by atoms with van der Waals surface area (Å²) >= 11 is 0. The van der Waals surface area contributed by atoms with Crippen molar-refractivity contribution < 1.29 is 0 Å². The van der Waals surface area contributed by atoms with Crippen molar-refractivity contribution in [2.45, 2.75) is 18.4 Å². The van der Waals surface area contributed by atoms with Crippen molar-refractivity contribution in [2.75, 3.05) is 37.5 Å². The molecule has 2 nitrogen and oxygen atoms in total. The Hall–Kier alpha value is -0.220. The number of hydrogen-bond donors (Lipinski definition) is 0. The van der Waals surface area contributed by atoms with Gasteiger partial charge in [-0.2, -0.15) is 0 Å². The lowest BCUT2D eigenvalue weighted by Gasteiger charge is -2.46. The van der Waals surface area contributed by atoms with Gasteiger partial charge in [0.25, 0.3) is 0 Å². The van der Waals surface area contributed by atoms with E-state index in [0.717, 1.165) is 17.2 Å². The summed E-state index contributed by atoms with van der Waals surface area (Å²) < 4.78 is 0.522. The molecular weight excluding hydrogens is 248 g/mol. The number of aromatic nitrogens is 2. The van der Waals surface area contributed by atoms with E-state index in [4.69, 9.17) is 9.97 Å². The average molecular weight is 274 g/mol. The summed E-state index contributed by atoms with van der Waals surface area (Å²) in [5.74, 6) is 1.06. The van der Waals surface area contributed by atoms with Gasteiger partial charge in [-0.05, 0) is 57.4 Å². The number of hydrogen-bond acceptors (Lipinski definition) is 2. The molecule has 4 heteroatoms. The minimum absolute atomic E-state index is 0.522. The zero-order valence-electron chi connectivity index (χ0n) is 12.4. The summed E-state index contributed by atoms with van der Waals surface area (Å²) in [4.78, 5) is 9.40. The van der Waals surface area contributed by atoms with Gasteiger partial charge in [0.1, 0.15) is 5.82 Å². The molecule has 0 amide bonds. The van der Waals surface area contributed by atoms with Gasteiger partial charge in [0.05, 0.1) is 4.58 Å². The van der Waals surface area contributed by atoms with Crippen LogP contribution in [-0.4, -0.2) is 47.5 Å². The van der Waals surface area contributed by atoms with E-state index < -0.39 is 20.1 Å². The average Bonchev–Trinajstić information content (AvgIpc) is 1.93. The SMILES string of the molecule is Cc1cc(C)nc(C(S(C)(C)C)S(C)(C)C)n1. The highest BCUT2D eigenvalue weighted by Gasteiger charge is 2.32. The summed E-state index contributed by atoms with van der Waals surface area (Å²) in [7, 11) is -1.39. The van der Waals surface area contributed by atoms with Crippen LogP contribution in [0.15, 0.2) is 6.07 Å². The molecule has 1 heterocycles. The third-order valence-corrected chi connectivity index (χ3v) is 8.95. The fourth-order valence-corrected chi connectivity index (χ4v) is 10.8. The van der Waals surface area contributed by atoms with Gasteiger partial charge in [-0.25, -0.2) is 30.0 Å². The van der Waals surface area contributed by atoms with E-state index in [9.17, 15) is 0 Å². The highest BCUT2D eigenvalue weighted by molar-refractivity contribution is 8.47. The van der Waals surface area contributed by atoms with Crippen LogP contribution in [0.25, 0.3) is 0 Å². The maximum atomic E-state index is 4.70. The first kappa shape index (κ1) is 14.8. The molecule has 100 valence electrons. The molecule has 0 saturated carbocycles. The maximum Gasteiger partial charge on any atom is 0.148 e. The molecule has 0 atom stereocenters. The molecule has 0 aliphatic carbocycles. The van der Waals surface area contributed by atoms with E-state index >= 15 is 0 Å². The molecule has 1 rings (SSSR count). The molecule has 0 aromatic carbocycles. The number of nitrogens with zero attached hydrogens (tertiary/aromatic N) is 2. The van der Waals surface area contributed by atoms with Crippen LogP contribution in [0.2, 0.25) is 0 Å². The van der Waals surface area contributed by atoms with E-state index in [2.05, 4.69) is 57.4 Å². The van der Waals surface area contributed by atoms with Crippen LogP contribution < -0.4 is 0 Å². The second-order valence-corrected chi connectivity index (χ2v) is 15.2. The van der Waals surface area contributed by atoms with E-state index in [-0.39, 0.29) is 0 Å². The van der Waals surface area contributed by atoms with Crippen LogP contribution in [0.1, 0.15) is 21.8 Å². The molecule has 0 saturated heterocycles. The molecule has 0 N–H and O–H groups in total. The zero-order chi connectivity index (χ0) is 13.4. The summed E-state index contributed by atoms with van der Waals surface area (Å²) in [6, 6.07) is 2.05. The Labute approximate surface area is 109 Å². The quantitative estimate of drug-likeness (QED) is 0.843. The highest BCUT2D eigenvalue weighted by atomic mass is 32.3. The van der Waals surface area contributed by atoms with E-state index in [1.54, 1.807) is 0 Å². The molecule has 0 bridgehead atoms. The number of aryl methyl sites for hydroxylation is 2. The van der Waals surface area contributed by atoms with Gasteiger partial charge >= 0.3 is 0 Å². The highest BCUT2D eigenvalue weighted by Crippen LogP contribution is 2.67. The van der Waals surface area contributed by atoms with Gasteiger partial charge in [0.15, 0.2) is 0 Å². The molecule has 0 aliphatic rings. The lowest BCUT2D eigenvalue weighted by molar-refractivity contribution is 0.949. The monoisotopic (exact) mass is 274 g/mol. The van der Waals surface area contributed by atoms with Crippen molar-refractivity contribution >= 4 is 20.1 Å². The standard InChI is InChI=1S/C13H26N2S2/c1-10-9-11(2)15-12(14-10)13(16(3,4)5)17(6,7)8/h9,13H,1-8H3. The summed E-state index contributed by atoms with van der Waals surface area (Å²) in [5, 5.41) is 0. The van der Waals surface area contributed by atoms with Gasteiger partial charge in [-0.1, -0.05) is 0 Å². The largest absolute Gasteiger partial charge is 0.236 e. The molecular formula is C13H26N2S2. The Morgan fingerprint density at radius 1 is 0.824 bits per heavy atom. The van der Waals surface area contributed by atoms with E-state index in [1.807, 2.05) is 0 Å². The van der Waals surface area contributed by atoms with Crippen molar-refractivity contribution in [3.05, 3.63) is 23.3 Å². The molecule has 1 aromatic heterocycles. The van der Waals surface area contributed by atoms with Crippen molar-refractivity contribution in [2.24, 2.45) is 0 Å². The molecule has 1 aromatic rings. The lowest BCUT2D eigenvalue weighted by Crippen LogP contribution is -2.17. The van der Waals surface area contributed by atoms with Crippen LogP contribution in [0.4, 0.5) is 0 Å². The van der Waals surface area contributed by atoms with Gasteiger partial charge < -0.3 is 0 Å². The third kappa shape index (κ3) is 3.88. The molecule has 0 radical (unpaired) electrons. The third-order valence-electron chi connectivity index (χ3n) is 2.49. The van der Waals surface area contributed by atoms with Gasteiger partial charge in [0.2, 0.25) is 0 Å². The second kappa shape index (κ2) is 4.81. The lowest BCUT2D eigenvalue weighted by atomic mass is 10.3. The smallest absolute Gasteiger partial charge is 0.148 e. The Morgan fingerprint density at radius 2 is 1.18 bits per heavy atom. The predicted molar refractivity (Wildman–Crippen MR) is 85.0 cm³/mol. The first-order chi connectivity index (χ1) is 7.51. The van der Waals surface area contributed by atoms with Crippen molar-refractivity contribution in [3.63, 3.8) is 0 Å². The van der Waals surface area contributed by atoms with Gasteiger partial charge in [0, 0.05) is 11.4 Å². The minimum atomic E-state index is -0.697. The van der Waals surface area contributed by atoms with Crippen molar-refractivity contribution in [3.8, 4) is 0 Å². The topological polar surface area (TPSA) is 25.8 Å². The number of rotatable bonds is 3. The fourth-order valence-electron chi connectivity index (χ4n) is 2.36. The van der Waals surface area contributed by atoms with E-state index in [0.29, 0.717) is 4.58 Å². The Bertz CT molecular complexity index is 369. The van der Waals surface area contributed by atoms with Crippen LogP contribution in [0.5, 0.6) is 0 Å². The van der Waals surface area contributed by atoms with Crippen molar-refractivity contribution in [1.82, 2.24) is 9.97 Å². The van der Waals surface area contributed by atoms with Crippen LogP contribution in [0, 0.1) is 13.8 Å². The molecule has 0 unspecified atom stereocenters. The first-order valence-electron chi connectivity index (χ1n) is 5.68. The maximum absolute atomic E-state index is 4.70. The summed E-state index contributed by atoms with van der Waals surface area (Å²) in [6.45, 7) is 4.12. The van der Waals surface area contributed by atoms with Crippen LogP contribution in [0.3, 0.4) is 0 Å². The normalized spacial score (nSPS) is 15.1. The molecule has 0 fully saturated rings. The predicted octanol–water partition coefficient (Wildman–Crippen LogP) is 3.48. The Kier molecular flexibility index (Phi) is 4.20. The van der Waals surface area contributed by atoms with Crippen molar-refractivity contribution in [1.29, 1.82) is 0 Å². The summed E-state index contributed by atoms with van der Waals surface area (Å²) in [6.07, 6.45) is 14.2. The molecule has 17 heavy (non-hydrogen) atoms. The van der Waals surface area contributed by atoms with Gasteiger partial charge in [-0.15, -0.1) is 0 Å². The summed E-state index contributed by atoms with van der Waals surface area (Å²) in [5.41, 5.74) is 2.18. The zero-order valence-corrected chi connectivity index (χ0v) is 14.0. The second-order valence-electron chi connectivity index (χ2n) is 6.20. The fraction of sp³-hybridized carbons (Fsp3) is 0.692. The van der Waals surface area contributed by atoms with Crippen LogP contribution in [-0.2, 0) is 0 Å².